The molecule has 0 amide bonds. The van der Waals surface area contributed by atoms with E-state index in [1.807, 2.05) is 32.3 Å². The zero-order valence-corrected chi connectivity index (χ0v) is 9.03. The van der Waals surface area contributed by atoms with Crippen LogP contribution in [0.5, 0.6) is 0 Å². The maximum absolute atomic E-state index is 10.4. The number of hydrogen-bond donors (Lipinski definition) is 0. The summed E-state index contributed by atoms with van der Waals surface area (Å²) >= 11 is 0. The first-order valence-electron chi connectivity index (χ1n) is 5.05. The number of nitrogens with zero attached hydrogens (tertiary/aromatic N) is 2. The molecular weight excluding hydrogens is 188 g/mol. The highest BCUT2D eigenvalue weighted by Gasteiger charge is 2.46. The molecule has 78 valence electrons. The maximum atomic E-state index is 10.4. The normalized spacial score (nSPS) is 16.7. The zero-order valence-electron chi connectivity index (χ0n) is 9.03. The van der Waals surface area contributed by atoms with E-state index >= 15 is 0 Å². The number of benzene rings is 1. The van der Waals surface area contributed by atoms with Crippen molar-refractivity contribution in [2.75, 3.05) is 19.0 Å². The summed E-state index contributed by atoms with van der Waals surface area (Å²) in [4.78, 5) is 16.4. The summed E-state index contributed by atoms with van der Waals surface area (Å²) in [6.45, 7) is 0. The van der Waals surface area contributed by atoms with Crippen molar-refractivity contribution in [3.63, 3.8) is 0 Å². The third kappa shape index (κ3) is 1.66. The van der Waals surface area contributed by atoms with E-state index in [0.717, 1.165) is 24.1 Å². The predicted molar refractivity (Wildman–Crippen MR) is 59.8 cm³/mol. The molecule has 0 N–H and O–H groups in total. The Morgan fingerprint density at radius 2 is 2.00 bits per heavy atom. The molecule has 3 heteroatoms. The van der Waals surface area contributed by atoms with Gasteiger partial charge in [0.1, 0.15) is 5.54 Å². The second kappa shape index (κ2) is 3.52. The Labute approximate surface area is 89.4 Å². The lowest BCUT2D eigenvalue weighted by atomic mass is 10.0. The number of carbonyl (C=O) groups excluding carboxylic acids is 1. The fourth-order valence-corrected chi connectivity index (χ4v) is 1.90. The smallest absolute Gasteiger partial charge is 0.235 e. The monoisotopic (exact) mass is 202 g/mol. The van der Waals surface area contributed by atoms with Crippen molar-refractivity contribution in [2.45, 2.75) is 18.4 Å². The molecule has 1 fully saturated rings. The zero-order chi connectivity index (χ0) is 10.9. The SMILES string of the molecule is CN(C)c1ccccc1C1(N=C=O)CC1. The number of anilines is 1. The lowest BCUT2D eigenvalue weighted by Crippen LogP contribution is -2.15. The molecule has 0 spiro atoms. The number of para-hydroxylation sites is 1. The van der Waals surface area contributed by atoms with Crippen molar-refractivity contribution in [1.29, 1.82) is 0 Å². The third-order valence-electron chi connectivity index (χ3n) is 2.87. The van der Waals surface area contributed by atoms with Gasteiger partial charge in [-0.1, -0.05) is 18.2 Å². The molecule has 0 unspecified atom stereocenters. The fraction of sp³-hybridized carbons (Fsp3) is 0.417. The van der Waals surface area contributed by atoms with E-state index in [0.29, 0.717) is 0 Å². The highest BCUT2D eigenvalue weighted by atomic mass is 16.1. The average Bonchev–Trinajstić information content (AvgIpc) is 2.99. The maximum Gasteiger partial charge on any atom is 0.235 e. The van der Waals surface area contributed by atoms with Crippen LogP contribution >= 0.6 is 0 Å². The van der Waals surface area contributed by atoms with Crippen LogP contribution in [0.4, 0.5) is 5.69 Å². The van der Waals surface area contributed by atoms with E-state index < -0.39 is 0 Å². The van der Waals surface area contributed by atoms with Gasteiger partial charge in [-0.2, -0.15) is 4.99 Å². The topological polar surface area (TPSA) is 32.7 Å². The molecule has 0 heterocycles. The average molecular weight is 202 g/mol. The van der Waals surface area contributed by atoms with Crippen LogP contribution in [0.25, 0.3) is 0 Å². The summed E-state index contributed by atoms with van der Waals surface area (Å²) in [5.74, 6) is 0. The van der Waals surface area contributed by atoms with E-state index in [9.17, 15) is 4.79 Å². The number of aliphatic imine (C=N–C) groups is 1. The summed E-state index contributed by atoms with van der Waals surface area (Å²) in [7, 11) is 4.00. The Hall–Kier alpha value is -1.60. The molecule has 1 aliphatic carbocycles. The van der Waals surface area contributed by atoms with Gasteiger partial charge in [0.05, 0.1) is 0 Å². The van der Waals surface area contributed by atoms with Crippen molar-refractivity contribution in [1.82, 2.24) is 0 Å². The molecular formula is C12H14N2O. The van der Waals surface area contributed by atoms with Crippen LogP contribution < -0.4 is 4.90 Å². The molecule has 1 saturated carbocycles. The minimum atomic E-state index is -0.275. The summed E-state index contributed by atoms with van der Waals surface area (Å²) in [5.41, 5.74) is 2.00. The molecule has 0 aromatic heterocycles. The lowest BCUT2D eigenvalue weighted by Gasteiger charge is -2.20. The van der Waals surface area contributed by atoms with Crippen molar-refractivity contribution in [2.24, 2.45) is 4.99 Å². The van der Waals surface area contributed by atoms with Crippen LogP contribution in [0.15, 0.2) is 29.3 Å². The van der Waals surface area contributed by atoms with Crippen LogP contribution in [0.2, 0.25) is 0 Å². The van der Waals surface area contributed by atoms with Crippen LogP contribution in [-0.2, 0) is 10.3 Å². The van der Waals surface area contributed by atoms with Gasteiger partial charge in [-0.15, -0.1) is 0 Å². The summed E-state index contributed by atoms with van der Waals surface area (Å²) in [6, 6.07) is 8.08. The van der Waals surface area contributed by atoms with Crippen LogP contribution in [0.3, 0.4) is 0 Å². The third-order valence-corrected chi connectivity index (χ3v) is 2.87. The van der Waals surface area contributed by atoms with Crippen LogP contribution in [0.1, 0.15) is 18.4 Å². The first-order chi connectivity index (χ1) is 7.19. The van der Waals surface area contributed by atoms with Gasteiger partial charge in [0, 0.05) is 25.3 Å². The molecule has 3 nitrogen and oxygen atoms in total. The van der Waals surface area contributed by atoms with Gasteiger partial charge < -0.3 is 4.90 Å². The molecule has 0 bridgehead atoms. The second-order valence-electron chi connectivity index (χ2n) is 4.15. The Morgan fingerprint density at radius 3 is 2.53 bits per heavy atom. The van der Waals surface area contributed by atoms with Gasteiger partial charge in [0.2, 0.25) is 6.08 Å². The summed E-state index contributed by atoms with van der Waals surface area (Å²) < 4.78 is 0. The molecule has 0 radical (unpaired) electrons. The Balaban J connectivity index is 2.48. The molecule has 1 aromatic rings. The number of isocyanates is 1. The Kier molecular flexibility index (Phi) is 2.33. The van der Waals surface area contributed by atoms with Crippen molar-refractivity contribution >= 4 is 11.8 Å². The summed E-state index contributed by atoms with van der Waals surface area (Å²) in [6.07, 6.45) is 3.59. The van der Waals surface area contributed by atoms with Gasteiger partial charge >= 0.3 is 0 Å². The highest BCUT2D eigenvalue weighted by Crippen LogP contribution is 2.51. The van der Waals surface area contributed by atoms with Crippen molar-refractivity contribution in [3.8, 4) is 0 Å². The van der Waals surface area contributed by atoms with E-state index in [4.69, 9.17) is 0 Å². The molecule has 15 heavy (non-hydrogen) atoms. The minimum absolute atomic E-state index is 0.275. The van der Waals surface area contributed by atoms with E-state index in [1.165, 1.54) is 0 Å². The standard InChI is InChI=1S/C12H14N2O/c1-14(2)11-6-4-3-5-10(11)12(7-8-12)13-9-15/h3-6H,7-8H2,1-2H3. The molecule has 1 aromatic carbocycles. The molecule has 1 aliphatic rings. The van der Waals surface area contributed by atoms with E-state index in [1.54, 1.807) is 6.08 Å². The minimum Gasteiger partial charge on any atom is -0.377 e. The largest absolute Gasteiger partial charge is 0.377 e. The van der Waals surface area contributed by atoms with E-state index in [-0.39, 0.29) is 5.54 Å². The van der Waals surface area contributed by atoms with Gasteiger partial charge in [-0.05, 0) is 18.9 Å². The second-order valence-corrected chi connectivity index (χ2v) is 4.15. The van der Waals surface area contributed by atoms with Crippen molar-refractivity contribution in [3.05, 3.63) is 29.8 Å². The predicted octanol–water partition coefficient (Wildman–Crippen LogP) is 2.08. The Bertz CT molecular complexity index is 415. The molecule has 0 aliphatic heterocycles. The number of hydrogen-bond acceptors (Lipinski definition) is 3. The first kappa shape index (κ1) is 9.94. The van der Waals surface area contributed by atoms with Crippen LogP contribution in [-0.4, -0.2) is 20.2 Å². The molecule has 0 atom stereocenters. The van der Waals surface area contributed by atoms with E-state index in [2.05, 4.69) is 16.0 Å². The fourth-order valence-electron chi connectivity index (χ4n) is 1.90. The van der Waals surface area contributed by atoms with Crippen LogP contribution in [0, 0.1) is 0 Å². The molecule has 0 saturated heterocycles. The Morgan fingerprint density at radius 1 is 1.33 bits per heavy atom. The van der Waals surface area contributed by atoms with Gasteiger partial charge in [-0.25, -0.2) is 4.79 Å². The van der Waals surface area contributed by atoms with Gasteiger partial charge in [0.25, 0.3) is 0 Å². The van der Waals surface area contributed by atoms with Gasteiger partial charge in [0.15, 0.2) is 0 Å². The van der Waals surface area contributed by atoms with Gasteiger partial charge in [-0.3, -0.25) is 0 Å². The lowest BCUT2D eigenvalue weighted by molar-refractivity contribution is 0.556. The summed E-state index contributed by atoms with van der Waals surface area (Å²) in [5, 5.41) is 0. The quantitative estimate of drug-likeness (QED) is 0.555. The first-order valence-corrected chi connectivity index (χ1v) is 5.05. The highest BCUT2D eigenvalue weighted by molar-refractivity contribution is 5.58. The number of rotatable bonds is 3. The molecule has 2 rings (SSSR count). The van der Waals surface area contributed by atoms with Crippen molar-refractivity contribution < 1.29 is 4.79 Å².